The first-order valence-electron chi connectivity index (χ1n) is 5.06. The average Bonchev–Trinajstić information content (AvgIpc) is 2.91. The number of sulfone groups is 1. The summed E-state index contributed by atoms with van der Waals surface area (Å²) in [5, 5.41) is 0.0850. The molecular weight excluding hydrogens is 278 g/mol. The molecule has 1 aliphatic rings. The first-order chi connectivity index (χ1) is 7.82. The van der Waals surface area contributed by atoms with E-state index in [1.165, 1.54) is 6.26 Å². The molecule has 1 aromatic carbocycles. The minimum Gasteiger partial charge on any atom is -0.393 e. The lowest BCUT2D eigenvalue weighted by atomic mass is 10.1. The molecule has 1 fully saturated rings. The van der Waals surface area contributed by atoms with E-state index in [9.17, 15) is 8.42 Å². The summed E-state index contributed by atoms with van der Waals surface area (Å²) in [6.07, 6.45) is 1.22. The molecule has 17 heavy (non-hydrogen) atoms. The maximum absolute atomic E-state index is 11.6. The first-order valence-corrected chi connectivity index (χ1v) is 7.80. The van der Waals surface area contributed by atoms with Gasteiger partial charge in [-0.2, -0.15) is 0 Å². The van der Waals surface area contributed by atoms with Gasteiger partial charge < -0.3 is 5.73 Å². The van der Waals surface area contributed by atoms with Gasteiger partial charge in [-0.3, -0.25) is 0 Å². The molecule has 6 heteroatoms. The highest BCUT2D eigenvalue weighted by atomic mass is 35.5. The van der Waals surface area contributed by atoms with E-state index < -0.39 is 15.1 Å². The zero-order chi connectivity index (χ0) is 12.8. The quantitative estimate of drug-likeness (QED) is 0.861. The zero-order valence-electron chi connectivity index (χ0n) is 9.13. The Morgan fingerprint density at radius 2 is 2.12 bits per heavy atom. The van der Waals surface area contributed by atoms with Crippen molar-refractivity contribution in [2.24, 2.45) is 11.7 Å². The normalized spacial score (nSPS) is 27.8. The molecule has 0 spiro atoms. The van der Waals surface area contributed by atoms with Gasteiger partial charge in [-0.1, -0.05) is 36.0 Å². The smallest absolute Gasteiger partial charge is 0.151 e. The monoisotopic (exact) mass is 289 g/mol. The lowest BCUT2D eigenvalue weighted by Gasteiger charge is -2.00. The van der Waals surface area contributed by atoms with E-state index in [2.05, 4.69) is 0 Å². The molecule has 1 aromatic rings. The Morgan fingerprint density at radius 3 is 2.53 bits per heavy atom. The van der Waals surface area contributed by atoms with Crippen LogP contribution >= 0.6 is 23.8 Å². The molecule has 0 amide bonds. The Labute approximate surface area is 111 Å². The van der Waals surface area contributed by atoms with Crippen LogP contribution in [0, 0.1) is 5.92 Å². The van der Waals surface area contributed by atoms with Crippen LogP contribution < -0.4 is 5.73 Å². The number of benzene rings is 1. The highest BCUT2D eigenvalue weighted by Crippen LogP contribution is 2.52. The van der Waals surface area contributed by atoms with E-state index >= 15 is 0 Å². The number of hydrogen-bond donors (Lipinski definition) is 1. The Hall–Kier alpha value is -0.650. The summed E-state index contributed by atoms with van der Waals surface area (Å²) < 4.78 is 23.3. The van der Waals surface area contributed by atoms with Crippen molar-refractivity contribution in [2.45, 2.75) is 11.2 Å². The first kappa shape index (κ1) is 12.8. The maximum atomic E-state index is 11.6. The lowest BCUT2D eigenvalue weighted by Crippen LogP contribution is -2.16. The lowest BCUT2D eigenvalue weighted by molar-refractivity contribution is 0.599. The second kappa shape index (κ2) is 4.23. The van der Waals surface area contributed by atoms with Gasteiger partial charge in [0.05, 0.1) is 10.2 Å². The third kappa shape index (κ3) is 2.46. The minimum atomic E-state index is -3.14. The van der Waals surface area contributed by atoms with Crippen LogP contribution in [0.4, 0.5) is 0 Å². The number of thiocarbonyl (C=S) groups is 1. The van der Waals surface area contributed by atoms with Crippen LogP contribution in [0.25, 0.3) is 0 Å². The van der Waals surface area contributed by atoms with E-state index in [-0.39, 0.29) is 16.8 Å². The standard InChI is InChI=1S/C11H12ClNO2S2/c1-17(14,15)10-8(9(10)11(13)16)6-3-2-4-7(12)5-6/h2-5,8-10H,1H3,(H2,13,16)/t8-,9+,10+/m0/s1. The molecule has 0 saturated heterocycles. The molecule has 0 aromatic heterocycles. The third-order valence-electron chi connectivity index (χ3n) is 3.01. The summed E-state index contributed by atoms with van der Waals surface area (Å²) >= 11 is 10.8. The van der Waals surface area contributed by atoms with E-state index in [1.807, 2.05) is 6.07 Å². The van der Waals surface area contributed by atoms with Crippen LogP contribution in [0.3, 0.4) is 0 Å². The van der Waals surface area contributed by atoms with Crippen molar-refractivity contribution in [2.75, 3.05) is 6.26 Å². The molecule has 3 atom stereocenters. The molecule has 0 bridgehead atoms. The Morgan fingerprint density at radius 1 is 1.47 bits per heavy atom. The Bertz CT molecular complexity index is 571. The van der Waals surface area contributed by atoms with E-state index in [4.69, 9.17) is 29.6 Å². The van der Waals surface area contributed by atoms with Crippen LogP contribution in [0.5, 0.6) is 0 Å². The third-order valence-corrected chi connectivity index (χ3v) is 5.09. The zero-order valence-corrected chi connectivity index (χ0v) is 11.5. The fourth-order valence-corrected chi connectivity index (χ4v) is 4.46. The van der Waals surface area contributed by atoms with Crippen molar-refractivity contribution in [1.29, 1.82) is 0 Å². The van der Waals surface area contributed by atoms with E-state index in [0.29, 0.717) is 5.02 Å². The molecule has 92 valence electrons. The van der Waals surface area contributed by atoms with Gasteiger partial charge in [-0.15, -0.1) is 0 Å². The molecule has 0 aliphatic heterocycles. The molecule has 2 rings (SSSR count). The highest BCUT2D eigenvalue weighted by Gasteiger charge is 2.58. The second-order valence-electron chi connectivity index (χ2n) is 4.30. The van der Waals surface area contributed by atoms with E-state index in [0.717, 1.165) is 5.56 Å². The predicted molar refractivity (Wildman–Crippen MR) is 73.1 cm³/mol. The number of halogens is 1. The molecule has 2 N–H and O–H groups in total. The molecule has 1 aliphatic carbocycles. The van der Waals surface area contributed by atoms with Gasteiger partial charge >= 0.3 is 0 Å². The van der Waals surface area contributed by atoms with Crippen molar-refractivity contribution >= 4 is 38.6 Å². The average molecular weight is 290 g/mol. The maximum Gasteiger partial charge on any atom is 0.151 e. The summed E-state index contributed by atoms with van der Waals surface area (Å²) in [5.74, 6) is -0.417. The van der Waals surface area contributed by atoms with Crippen LogP contribution in [0.15, 0.2) is 24.3 Å². The fourth-order valence-electron chi connectivity index (χ4n) is 2.27. The molecule has 0 heterocycles. The van der Waals surface area contributed by atoms with Gasteiger partial charge in [0, 0.05) is 23.1 Å². The Balaban J connectivity index is 2.37. The van der Waals surface area contributed by atoms with Gasteiger partial charge in [-0.25, -0.2) is 8.42 Å². The summed E-state index contributed by atoms with van der Waals surface area (Å²) in [4.78, 5) is 0.255. The van der Waals surface area contributed by atoms with Crippen LogP contribution in [-0.2, 0) is 9.84 Å². The molecule has 3 nitrogen and oxygen atoms in total. The van der Waals surface area contributed by atoms with Crippen LogP contribution in [-0.4, -0.2) is 24.9 Å². The SMILES string of the molecule is CS(=O)(=O)[C@H]1[C@H](C(N)=S)[C@@H]1c1cccc(Cl)c1. The van der Waals surface area contributed by atoms with E-state index in [1.54, 1.807) is 18.2 Å². The highest BCUT2D eigenvalue weighted by molar-refractivity contribution is 7.91. The van der Waals surface area contributed by atoms with Crippen molar-refractivity contribution < 1.29 is 8.42 Å². The molecule has 0 radical (unpaired) electrons. The largest absolute Gasteiger partial charge is 0.393 e. The van der Waals surface area contributed by atoms with Gasteiger partial charge in [0.2, 0.25) is 0 Å². The molecule has 0 unspecified atom stereocenters. The van der Waals surface area contributed by atoms with Gasteiger partial charge in [-0.05, 0) is 17.7 Å². The van der Waals surface area contributed by atoms with Crippen LogP contribution in [0.2, 0.25) is 5.02 Å². The number of nitrogens with two attached hydrogens (primary N) is 1. The van der Waals surface area contributed by atoms with Gasteiger partial charge in [0.1, 0.15) is 0 Å². The summed E-state index contributed by atoms with van der Waals surface area (Å²) in [6.45, 7) is 0. The summed E-state index contributed by atoms with van der Waals surface area (Å²) in [7, 11) is -3.14. The summed E-state index contributed by atoms with van der Waals surface area (Å²) in [6, 6.07) is 7.17. The predicted octanol–water partition coefficient (Wildman–Crippen LogP) is 1.75. The number of hydrogen-bond acceptors (Lipinski definition) is 3. The van der Waals surface area contributed by atoms with Crippen molar-refractivity contribution in [3.63, 3.8) is 0 Å². The van der Waals surface area contributed by atoms with Crippen molar-refractivity contribution in [1.82, 2.24) is 0 Å². The minimum absolute atomic E-state index is 0.152. The fraction of sp³-hybridized carbons (Fsp3) is 0.364. The van der Waals surface area contributed by atoms with Crippen molar-refractivity contribution in [3.8, 4) is 0 Å². The Kier molecular flexibility index (Phi) is 3.18. The van der Waals surface area contributed by atoms with Gasteiger partial charge in [0.15, 0.2) is 9.84 Å². The second-order valence-corrected chi connectivity index (χ2v) is 7.41. The molecular formula is C11H12ClNO2S2. The summed E-state index contributed by atoms with van der Waals surface area (Å²) in [5.41, 5.74) is 6.46. The van der Waals surface area contributed by atoms with Crippen molar-refractivity contribution in [3.05, 3.63) is 34.9 Å². The molecule has 1 saturated carbocycles. The van der Waals surface area contributed by atoms with Crippen LogP contribution in [0.1, 0.15) is 11.5 Å². The topological polar surface area (TPSA) is 60.2 Å². The number of rotatable bonds is 3. The van der Waals surface area contributed by atoms with Gasteiger partial charge in [0.25, 0.3) is 0 Å².